The molecule has 0 aliphatic heterocycles. The number of hydrogen-bond acceptors (Lipinski definition) is 3. The van der Waals surface area contributed by atoms with Crippen molar-refractivity contribution in [3.05, 3.63) is 20.8 Å². The zero-order valence-electron chi connectivity index (χ0n) is 8.61. The van der Waals surface area contributed by atoms with Crippen molar-refractivity contribution in [1.29, 1.82) is 0 Å². The zero-order valence-corrected chi connectivity index (χ0v) is 11.0. The largest absolute Gasteiger partial charge is 0.481 e. The van der Waals surface area contributed by atoms with E-state index in [2.05, 4.69) is 15.9 Å². The molecule has 3 nitrogen and oxygen atoms in total. The number of carboxylic acid groups (broad SMARTS) is 1. The lowest BCUT2D eigenvalue weighted by atomic mass is 9.88. The van der Waals surface area contributed by atoms with Crippen LogP contribution in [0.3, 0.4) is 0 Å². The highest BCUT2D eigenvalue weighted by Gasteiger charge is 2.30. The fourth-order valence-corrected chi connectivity index (χ4v) is 3.01. The average Bonchev–Trinajstić information content (AvgIpc) is 2.50. The molecule has 0 amide bonds. The van der Waals surface area contributed by atoms with Gasteiger partial charge in [-0.2, -0.15) is 0 Å². The number of hydrogen-bond donors (Lipinski definition) is 2. The fourth-order valence-electron chi connectivity index (χ4n) is 1.54. The van der Waals surface area contributed by atoms with E-state index in [9.17, 15) is 4.79 Å². The number of halogens is 1. The Kier molecular flexibility index (Phi) is 4.31. The van der Waals surface area contributed by atoms with E-state index >= 15 is 0 Å². The molecule has 1 aromatic rings. The van der Waals surface area contributed by atoms with Crippen molar-refractivity contribution in [2.45, 2.75) is 19.9 Å². The summed E-state index contributed by atoms with van der Waals surface area (Å²) in [5.74, 6) is -1.34. The van der Waals surface area contributed by atoms with Gasteiger partial charge in [0, 0.05) is 4.88 Å². The Morgan fingerprint density at radius 1 is 1.53 bits per heavy atom. The average molecular weight is 292 g/mol. The van der Waals surface area contributed by atoms with Crippen molar-refractivity contribution in [3.8, 4) is 0 Å². The summed E-state index contributed by atoms with van der Waals surface area (Å²) in [7, 11) is 0. The molecule has 2 atom stereocenters. The summed E-state index contributed by atoms with van der Waals surface area (Å²) in [6, 6.07) is 3.33. The van der Waals surface area contributed by atoms with Gasteiger partial charge in [0.05, 0.1) is 15.7 Å². The molecule has 1 heterocycles. The van der Waals surface area contributed by atoms with Crippen molar-refractivity contribution >= 4 is 33.2 Å². The smallest absolute Gasteiger partial charge is 0.308 e. The molecule has 0 radical (unpaired) electrons. The minimum Gasteiger partial charge on any atom is -0.481 e. The monoisotopic (exact) mass is 291 g/mol. The molecule has 1 rings (SSSR count). The van der Waals surface area contributed by atoms with Gasteiger partial charge in [-0.3, -0.25) is 4.79 Å². The lowest BCUT2D eigenvalue weighted by Crippen LogP contribution is -2.31. The van der Waals surface area contributed by atoms with Crippen molar-refractivity contribution < 1.29 is 9.90 Å². The molecule has 0 bridgehead atoms. The molecule has 84 valence electrons. The lowest BCUT2D eigenvalue weighted by Gasteiger charge is -2.22. The molecular weight excluding hydrogens is 278 g/mol. The van der Waals surface area contributed by atoms with Crippen LogP contribution in [0.5, 0.6) is 0 Å². The van der Waals surface area contributed by atoms with Gasteiger partial charge in [0.2, 0.25) is 0 Å². The maximum absolute atomic E-state index is 11.1. The van der Waals surface area contributed by atoms with E-state index in [1.165, 1.54) is 11.3 Å². The van der Waals surface area contributed by atoms with Gasteiger partial charge < -0.3 is 10.8 Å². The summed E-state index contributed by atoms with van der Waals surface area (Å²) in [6.45, 7) is 3.75. The molecule has 0 aliphatic rings. The topological polar surface area (TPSA) is 63.3 Å². The van der Waals surface area contributed by atoms with Gasteiger partial charge >= 0.3 is 5.97 Å². The zero-order chi connectivity index (χ0) is 11.6. The van der Waals surface area contributed by atoms with Gasteiger partial charge in [-0.15, -0.1) is 11.3 Å². The second-order valence-corrected chi connectivity index (χ2v) is 6.27. The number of aliphatic carboxylic acids is 1. The Labute approximate surface area is 101 Å². The van der Waals surface area contributed by atoms with Gasteiger partial charge in [0.25, 0.3) is 0 Å². The second-order valence-electron chi connectivity index (χ2n) is 3.78. The molecule has 3 N–H and O–H groups in total. The van der Waals surface area contributed by atoms with Crippen LogP contribution in [-0.2, 0) is 4.79 Å². The quantitative estimate of drug-likeness (QED) is 0.897. The Hall–Kier alpha value is -0.390. The van der Waals surface area contributed by atoms with Gasteiger partial charge in [-0.1, -0.05) is 13.8 Å². The molecule has 1 aromatic heterocycles. The lowest BCUT2D eigenvalue weighted by molar-refractivity contribution is -0.144. The van der Waals surface area contributed by atoms with Crippen molar-refractivity contribution in [1.82, 2.24) is 0 Å². The molecule has 0 aliphatic carbocycles. The molecule has 0 fully saturated rings. The van der Waals surface area contributed by atoms with Gasteiger partial charge in [-0.25, -0.2) is 0 Å². The predicted molar refractivity (Wildman–Crippen MR) is 64.9 cm³/mol. The first kappa shape index (κ1) is 12.7. The van der Waals surface area contributed by atoms with Crippen LogP contribution in [0, 0.1) is 11.8 Å². The molecule has 0 saturated carbocycles. The normalized spacial score (nSPS) is 15.3. The van der Waals surface area contributed by atoms with Crippen LogP contribution in [0.1, 0.15) is 24.8 Å². The first-order chi connectivity index (χ1) is 6.93. The molecule has 2 unspecified atom stereocenters. The van der Waals surface area contributed by atoms with E-state index in [4.69, 9.17) is 10.8 Å². The third kappa shape index (κ3) is 3.03. The van der Waals surface area contributed by atoms with E-state index in [0.29, 0.717) is 0 Å². The van der Waals surface area contributed by atoms with Crippen LogP contribution in [0.4, 0.5) is 0 Å². The fraction of sp³-hybridized carbons (Fsp3) is 0.500. The summed E-state index contributed by atoms with van der Waals surface area (Å²) in [4.78, 5) is 12.0. The number of nitrogens with two attached hydrogens (primary N) is 1. The van der Waals surface area contributed by atoms with Crippen LogP contribution in [-0.4, -0.2) is 11.1 Å². The Morgan fingerprint density at radius 2 is 2.13 bits per heavy atom. The number of carbonyl (C=O) groups is 1. The number of rotatable bonds is 4. The van der Waals surface area contributed by atoms with Crippen molar-refractivity contribution in [3.63, 3.8) is 0 Å². The Morgan fingerprint density at radius 3 is 2.47 bits per heavy atom. The van der Waals surface area contributed by atoms with Crippen LogP contribution < -0.4 is 5.73 Å². The first-order valence-electron chi connectivity index (χ1n) is 4.67. The number of carboxylic acids is 1. The molecule has 0 spiro atoms. The van der Waals surface area contributed by atoms with E-state index in [1.54, 1.807) is 0 Å². The van der Waals surface area contributed by atoms with Gasteiger partial charge in [-0.05, 0) is 34.0 Å². The van der Waals surface area contributed by atoms with Crippen LogP contribution in [0.15, 0.2) is 15.9 Å². The summed E-state index contributed by atoms with van der Waals surface area (Å²) in [6.07, 6.45) is 0. The maximum Gasteiger partial charge on any atom is 0.308 e. The third-order valence-corrected chi connectivity index (χ3v) is 4.04. The highest BCUT2D eigenvalue weighted by molar-refractivity contribution is 9.11. The molecule has 0 saturated heterocycles. The van der Waals surface area contributed by atoms with E-state index in [0.717, 1.165) is 8.66 Å². The third-order valence-electron chi connectivity index (χ3n) is 2.31. The second kappa shape index (κ2) is 5.09. The van der Waals surface area contributed by atoms with Crippen molar-refractivity contribution in [2.75, 3.05) is 0 Å². The van der Waals surface area contributed by atoms with Crippen LogP contribution in [0.2, 0.25) is 0 Å². The minimum atomic E-state index is -0.831. The van der Waals surface area contributed by atoms with Crippen LogP contribution in [0.25, 0.3) is 0 Å². The standard InChI is InChI=1S/C10H14BrNO2S/c1-5(2)8(10(13)14)9(12)6-3-4-7(11)15-6/h3-5,8-9H,12H2,1-2H3,(H,13,14). The van der Waals surface area contributed by atoms with E-state index in [-0.39, 0.29) is 5.92 Å². The molecule has 15 heavy (non-hydrogen) atoms. The first-order valence-corrected chi connectivity index (χ1v) is 6.28. The highest BCUT2D eigenvalue weighted by atomic mass is 79.9. The SMILES string of the molecule is CC(C)C(C(=O)O)C(N)c1ccc(Br)s1. The Bertz CT molecular complexity index is 351. The Balaban J connectivity index is 2.90. The molecular formula is C10H14BrNO2S. The van der Waals surface area contributed by atoms with E-state index < -0.39 is 17.9 Å². The minimum absolute atomic E-state index is 0.0263. The molecule has 5 heteroatoms. The predicted octanol–water partition coefficient (Wildman–Crippen LogP) is 2.87. The summed E-state index contributed by atoms with van der Waals surface area (Å²) < 4.78 is 0.973. The summed E-state index contributed by atoms with van der Waals surface area (Å²) in [5, 5.41) is 9.10. The summed E-state index contributed by atoms with van der Waals surface area (Å²) in [5.41, 5.74) is 5.96. The van der Waals surface area contributed by atoms with Gasteiger partial charge in [0.15, 0.2) is 0 Å². The van der Waals surface area contributed by atoms with Crippen LogP contribution >= 0.6 is 27.3 Å². The van der Waals surface area contributed by atoms with E-state index in [1.807, 2.05) is 26.0 Å². The summed E-state index contributed by atoms with van der Waals surface area (Å²) >= 11 is 4.83. The van der Waals surface area contributed by atoms with Gasteiger partial charge in [0.1, 0.15) is 0 Å². The maximum atomic E-state index is 11.1. The number of thiophene rings is 1. The highest BCUT2D eigenvalue weighted by Crippen LogP contribution is 2.32. The molecule has 0 aromatic carbocycles. The van der Waals surface area contributed by atoms with Crippen molar-refractivity contribution in [2.24, 2.45) is 17.6 Å².